The van der Waals surface area contributed by atoms with Gasteiger partial charge >= 0.3 is 0 Å². The molecule has 0 saturated carbocycles. The van der Waals surface area contributed by atoms with Crippen molar-refractivity contribution in [1.29, 1.82) is 0 Å². The van der Waals surface area contributed by atoms with Gasteiger partial charge in [0.05, 0.1) is 9.98 Å². The summed E-state index contributed by atoms with van der Waals surface area (Å²) in [5.41, 5.74) is 5.36. The van der Waals surface area contributed by atoms with Gasteiger partial charge in [0.2, 0.25) is 5.91 Å². The van der Waals surface area contributed by atoms with E-state index in [1.807, 2.05) is 0 Å². The van der Waals surface area contributed by atoms with E-state index in [-0.39, 0.29) is 5.91 Å². The van der Waals surface area contributed by atoms with Gasteiger partial charge in [-0.15, -0.1) is 0 Å². The SMILES string of the molecule is NCCCCCC(=O)Nc1ncc(Br)s1. The number of anilines is 1. The Kier molecular flexibility index (Phi) is 5.82. The van der Waals surface area contributed by atoms with Crippen LogP contribution in [0.15, 0.2) is 9.98 Å². The average molecular weight is 292 g/mol. The van der Waals surface area contributed by atoms with Gasteiger partial charge in [0.25, 0.3) is 0 Å². The molecule has 1 heterocycles. The van der Waals surface area contributed by atoms with Gasteiger partial charge in [0, 0.05) is 6.42 Å². The number of amides is 1. The minimum atomic E-state index is 0.0221. The molecule has 0 bridgehead atoms. The van der Waals surface area contributed by atoms with Crippen molar-refractivity contribution in [2.24, 2.45) is 5.73 Å². The topological polar surface area (TPSA) is 68.0 Å². The molecule has 0 radical (unpaired) electrons. The van der Waals surface area contributed by atoms with Crippen LogP contribution in [-0.4, -0.2) is 17.4 Å². The third-order valence-electron chi connectivity index (χ3n) is 1.83. The highest BCUT2D eigenvalue weighted by atomic mass is 79.9. The van der Waals surface area contributed by atoms with E-state index in [0.29, 0.717) is 18.1 Å². The van der Waals surface area contributed by atoms with Gasteiger partial charge in [-0.1, -0.05) is 17.8 Å². The van der Waals surface area contributed by atoms with Gasteiger partial charge in [0.15, 0.2) is 5.13 Å². The van der Waals surface area contributed by atoms with E-state index in [0.717, 1.165) is 23.0 Å². The number of nitrogens with two attached hydrogens (primary N) is 1. The Labute approximate surface area is 101 Å². The number of hydrogen-bond acceptors (Lipinski definition) is 4. The fraction of sp³-hybridized carbons (Fsp3) is 0.556. The molecule has 0 atom stereocenters. The molecule has 1 rings (SSSR count). The molecule has 3 N–H and O–H groups in total. The number of thiazole rings is 1. The Morgan fingerprint density at radius 2 is 2.33 bits per heavy atom. The molecule has 0 aliphatic heterocycles. The van der Waals surface area contributed by atoms with Crippen LogP contribution >= 0.6 is 27.3 Å². The lowest BCUT2D eigenvalue weighted by Crippen LogP contribution is -2.11. The van der Waals surface area contributed by atoms with Gasteiger partial charge in [0.1, 0.15) is 0 Å². The lowest BCUT2D eigenvalue weighted by atomic mass is 10.2. The molecule has 0 spiro atoms. The van der Waals surface area contributed by atoms with Crippen molar-refractivity contribution < 1.29 is 4.79 Å². The molecule has 0 unspecified atom stereocenters. The van der Waals surface area contributed by atoms with Gasteiger partial charge < -0.3 is 11.1 Å². The zero-order valence-electron chi connectivity index (χ0n) is 8.33. The second kappa shape index (κ2) is 6.92. The normalized spacial score (nSPS) is 10.3. The molecule has 0 aromatic carbocycles. The second-order valence-corrected chi connectivity index (χ2v) is 5.53. The molecule has 84 valence electrons. The van der Waals surface area contributed by atoms with Crippen molar-refractivity contribution in [2.75, 3.05) is 11.9 Å². The van der Waals surface area contributed by atoms with Crippen LogP contribution in [0.2, 0.25) is 0 Å². The summed E-state index contributed by atoms with van der Waals surface area (Å²) in [7, 11) is 0. The van der Waals surface area contributed by atoms with Crippen LogP contribution in [-0.2, 0) is 4.79 Å². The maximum atomic E-state index is 11.4. The van der Waals surface area contributed by atoms with Crippen LogP contribution in [0.3, 0.4) is 0 Å². The number of halogens is 1. The monoisotopic (exact) mass is 291 g/mol. The summed E-state index contributed by atoms with van der Waals surface area (Å²) in [4.78, 5) is 15.4. The third-order valence-corrected chi connectivity index (χ3v) is 3.22. The van der Waals surface area contributed by atoms with Crippen LogP contribution in [0, 0.1) is 0 Å². The first-order valence-corrected chi connectivity index (χ1v) is 6.44. The summed E-state index contributed by atoms with van der Waals surface area (Å²) < 4.78 is 0.918. The standard InChI is InChI=1S/C9H14BrN3OS/c10-7-6-12-9(15-7)13-8(14)4-2-1-3-5-11/h6H,1-5,11H2,(H,12,13,14). The minimum absolute atomic E-state index is 0.0221. The molecule has 0 aliphatic rings. The first-order valence-electron chi connectivity index (χ1n) is 4.83. The van der Waals surface area contributed by atoms with Crippen LogP contribution in [0.1, 0.15) is 25.7 Å². The Morgan fingerprint density at radius 3 is 2.93 bits per heavy atom. The third kappa shape index (κ3) is 5.25. The number of nitrogens with zero attached hydrogens (tertiary/aromatic N) is 1. The van der Waals surface area contributed by atoms with Crippen molar-refractivity contribution in [2.45, 2.75) is 25.7 Å². The Morgan fingerprint density at radius 1 is 1.53 bits per heavy atom. The largest absolute Gasteiger partial charge is 0.330 e. The minimum Gasteiger partial charge on any atom is -0.330 e. The maximum Gasteiger partial charge on any atom is 0.226 e. The molecule has 1 amide bonds. The van der Waals surface area contributed by atoms with E-state index in [1.165, 1.54) is 11.3 Å². The number of unbranched alkanes of at least 4 members (excludes halogenated alkanes) is 2. The highest BCUT2D eigenvalue weighted by Crippen LogP contribution is 2.23. The van der Waals surface area contributed by atoms with Gasteiger partial charge in [-0.3, -0.25) is 4.79 Å². The summed E-state index contributed by atoms with van der Waals surface area (Å²) in [5.74, 6) is 0.0221. The van der Waals surface area contributed by atoms with Crippen molar-refractivity contribution in [3.63, 3.8) is 0 Å². The van der Waals surface area contributed by atoms with Crippen LogP contribution < -0.4 is 11.1 Å². The molecular formula is C9H14BrN3OS. The van der Waals surface area contributed by atoms with Crippen LogP contribution in [0.25, 0.3) is 0 Å². The molecule has 0 aliphatic carbocycles. The lowest BCUT2D eigenvalue weighted by molar-refractivity contribution is -0.116. The molecule has 0 fully saturated rings. The molecule has 0 saturated heterocycles. The smallest absolute Gasteiger partial charge is 0.226 e. The number of hydrogen-bond donors (Lipinski definition) is 2. The zero-order valence-corrected chi connectivity index (χ0v) is 10.7. The number of carbonyl (C=O) groups excluding carboxylic acids is 1. The zero-order chi connectivity index (χ0) is 11.1. The van der Waals surface area contributed by atoms with Gasteiger partial charge in [-0.25, -0.2) is 4.98 Å². The average Bonchev–Trinajstić information content (AvgIpc) is 2.59. The fourth-order valence-electron chi connectivity index (χ4n) is 1.10. The summed E-state index contributed by atoms with van der Waals surface area (Å²) in [6.45, 7) is 0.695. The van der Waals surface area contributed by atoms with Crippen molar-refractivity contribution in [3.8, 4) is 0 Å². The highest BCUT2D eigenvalue weighted by molar-refractivity contribution is 9.11. The van der Waals surface area contributed by atoms with Gasteiger partial charge in [-0.2, -0.15) is 0 Å². The molecule has 4 nitrogen and oxygen atoms in total. The Balaban J connectivity index is 2.18. The van der Waals surface area contributed by atoms with Crippen molar-refractivity contribution in [1.82, 2.24) is 4.98 Å². The Bertz CT molecular complexity index is 316. The summed E-state index contributed by atoms with van der Waals surface area (Å²) in [6, 6.07) is 0. The van der Waals surface area contributed by atoms with E-state index in [4.69, 9.17) is 5.73 Å². The van der Waals surface area contributed by atoms with E-state index in [9.17, 15) is 4.79 Å². The number of rotatable bonds is 6. The van der Waals surface area contributed by atoms with E-state index >= 15 is 0 Å². The first kappa shape index (κ1) is 12.6. The van der Waals surface area contributed by atoms with Gasteiger partial charge in [-0.05, 0) is 35.3 Å². The molecule has 6 heteroatoms. The highest BCUT2D eigenvalue weighted by Gasteiger charge is 2.04. The quantitative estimate of drug-likeness (QED) is 0.791. The number of nitrogens with one attached hydrogen (secondary N) is 1. The Hall–Kier alpha value is -0.460. The predicted molar refractivity (Wildman–Crippen MR) is 66.0 cm³/mol. The fourth-order valence-corrected chi connectivity index (χ4v) is 2.22. The summed E-state index contributed by atoms with van der Waals surface area (Å²) in [6.07, 6.45) is 5.09. The van der Waals surface area contributed by atoms with Crippen LogP contribution in [0.4, 0.5) is 5.13 Å². The number of carbonyl (C=O) groups is 1. The maximum absolute atomic E-state index is 11.4. The van der Waals surface area contributed by atoms with E-state index in [1.54, 1.807) is 6.20 Å². The lowest BCUT2D eigenvalue weighted by Gasteiger charge is -2.00. The summed E-state index contributed by atoms with van der Waals surface area (Å²) in [5, 5.41) is 3.39. The molecule has 1 aromatic rings. The summed E-state index contributed by atoms with van der Waals surface area (Å²) >= 11 is 4.70. The number of aromatic nitrogens is 1. The van der Waals surface area contributed by atoms with Crippen LogP contribution in [0.5, 0.6) is 0 Å². The molecule has 1 aromatic heterocycles. The second-order valence-electron chi connectivity index (χ2n) is 3.12. The molecular weight excluding hydrogens is 278 g/mol. The molecule has 15 heavy (non-hydrogen) atoms. The predicted octanol–water partition coefficient (Wildman–Crippen LogP) is 2.36. The van der Waals surface area contributed by atoms with Crippen molar-refractivity contribution in [3.05, 3.63) is 9.98 Å². The van der Waals surface area contributed by atoms with E-state index in [2.05, 4.69) is 26.2 Å². The first-order chi connectivity index (χ1) is 7.22. The van der Waals surface area contributed by atoms with E-state index < -0.39 is 0 Å². The van der Waals surface area contributed by atoms with Crippen molar-refractivity contribution >= 4 is 38.3 Å².